The molecule has 2 aromatic rings. The zero-order chi connectivity index (χ0) is 17.5. The van der Waals surface area contributed by atoms with E-state index in [-0.39, 0.29) is 12.0 Å². The van der Waals surface area contributed by atoms with Gasteiger partial charge in [0.2, 0.25) is 5.88 Å². The van der Waals surface area contributed by atoms with Gasteiger partial charge in [0.05, 0.1) is 20.3 Å². The number of ether oxygens (including phenoxy) is 3. The van der Waals surface area contributed by atoms with Gasteiger partial charge in [-0.1, -0.05) is 12.1 Å². The Bertz CT molecular complexity index is 714. The molecule has 0 spiro atoms. The summed E-state index contributed by atoms with van der Waals surface area (Å²) in [4.78, 5) is 16.7. The second kappa shape index (κ2) is 8.48. The van der Waals surface area contributed by atoms with Gasteiger partial charge in [-0.25, -0.2) is 4.98 Å². The molecular formula is C19H22N2O4. The summed E-state index contributed by atoms with van der Waals surface area (Å²) >= 11 is 0. The predicted octanol–water partition coefficient (Wildman–Crippen LogP) is 2.23. The molecule has 1 fully saturated rings. The van der Waals surface area contributed by atoms with Gasteiger partial charge in [-0.3, -0.25) is 4.79 Å². The van der Waals surface area contributed by atoms with Crippen LogP contribution in [-0.2, 0) is 11.2 Å². The minimum absolute atomic E-state index is 0.0433. The Morgan fingerprint density at radius 3 is 3.08 bits per heavy atom. The smallest absolute Gasteiger partial charge is 0.256 e. The molecule has 1 aliphatic rings. The summed E-state index contributed by atoms with van der Waals surface area (Å²) in [6.07, 6.45) is 3.11. The van der Waals surface area contributed by atoms with Crippen LogP contribution in [0.2, 0.25) is 0 Å². The van der Waals surface area contributed by atoms with Crippen LogP contribution < -0.4 is 14.8 Å². The van der Waals surface area contributed by atoms with Gasteiger partial charge in [0.15, 0.2) is 0 Å². The van der Waals surface area contributed by atoms with Gasteiger partial charge in [0.1, 0.15) is 17.4 Å². The summed E-state index contributed by atoms with van der Waals surface area (Å²) in [6, 6.07) is 11.3. The van der Waals surface area contributed by atoms with Crippen molar-refractivity contribution in [2.75, 3.05) is 26.9 Å². The zero-order valence-electron chi connectivity index (χ0n) is 14.2. The van der Waals surface area contributed by atoms with E-state index in [1.165, 1.54) is 0 Å². The fourth-order valence-corrected chi connectivity index (χ4v) is 2.66. The molecular weight excluding hydrogens is 320 g/mol. The lowest BCUT2D eigenvalue weighted by molar-refractivity contribution is 0.0941. The van der Waals surface area contributed by atoms with Gasteiger partial charge < -0.3 is 19.5 Å². The zero-order valence-corrected chi connectivity index (χ0v) is 14.2. The van der Waals surface area contributed by atoms with E-state index in [4.69, 9.17) is 14.2 Å². The van der Waals surface area contributed by atoms with E-state index >= 15 is 0 Å². The average molecular weight is 342 g/mol. The molecule has 0 radical (unpaired) electrons. The Balaban J connectivity index is 1.57. The Morgan fingerprint density at radius 1 is 1.36 bits per heavy atom. The number of methoxy groups -OCH3 is 1. The Hall–Kier alpha value is -2.60. The molecule has 2 heterocycles. The summed E-state index contributed by atoms with van der Waals surface area (Å²) in [6.45, 7) is 1.74. The van der Waals surface area contributed by atoms with E-state index < -0.39 is 0 Å². The van der Waals surface area contributed by atoms with Crippen LogP contribution in [0.15, 0.2) is 42.6 Å². The molecule has 1 N–H and O–H groups in total. The van der Waals surface area contributed by atoms with Gasteiger partial charge >= 0.3 is 0 Å². The molecule has 0 bridgehead atoms. The third-order valence-corrected chi connectivity index (χ3v) is 4.02. The first-order valence-corrected chi connectivity index (χ1v) is 8.37. The standard InChI is InChI=1S/C19H22N2O4/c1-23-15-5-2-4-14(12-15)7-10-20-18(22)17-6-3-9-21-19(17)25-16-8-11-24-13-16/h2-6,9,12,16H,7-8,10-11,13H2,1H3,(H,20,22)/t16-/m0/s1. The number of benzene rings is 1. The molecule has 1 aromatic carbocycles. The van der Waals surface area contributed by atoms with Crippen molar-refractivity contribution in [2.24, 2.45) is 0 Å². The first-order chi connectivity index (χ1) is 12.3. The SMILES string of the molecule is COc1cccc(CCNC(=O)c2cccnc2O[C@H]2CCOC2)c1. The molecule has 0 aliphatic carbocycles. The maximum atomic E-state index is 12.5. The number of hydrogen-bond acceptors (Lipinski definition) is 5. The van der Waals surface area contributed by atoms with Crippen LogP contribution in [0.5, 0.6) is 11.6 Å². The van der Waals surface area contributed by atoms with Crippen molar-refractivity contribution in [3.63, 3.8) is 0 Å². The Labute approximate surface area is 147 Å². The highest BCUT2D eigenvalue weighted by molar-refractivity contribution is 5.96. The largest absolute Gasteiger partial charge is 0.497 e. The van der Waals surface area contributed by atoms with Crippen molar-refractivity contribution in [3.05, 3.63) is 53.7 Å². The molecule has 1 saturated heterocycles. The third-order valence-electron chi connectivity index (χ3n) is 4.02. The van der Waals surface area contributed by atoms with Gasteiger partial charge in [-0.15, -0.1) is 0 Å². The molecule has 25 heavy (non-hydrogen) atoms. The van der Waals surface area contributed by atoms with Crippen molar-refractivity contribution in [2.45, 2.75) is 18.9 Å². The normalized spacial score (nSPS) is 16.4. The Morgan fingerprint density at radius 2 is 2.28 bits per heavy atom. The molecule has 0 saturated carbocycles. The number of amides is 1. The average Bonchev–Trinajstić information content (AvgIpc) is 3.15. The Kier molecular flexibility index (Phi) is 5.85. The number of carbonyl (C=O) groups is 1. The molecule has 1 aliphatic heterocycles. The molecule has 132 valence electrons. The summed E-state index contributed by atoms with van der Waals surface area (Å²) in [7, 11) is 1.64. The van der Waals surface area contributed by atoms with Crippen LogP contribution in [0.3, 0.4) is 0 Å². The molecule has 1 atom stereocenters. The highest BCUT2D eigenvalue weighted by atomic mass is 16.5. The number of hydrogen-bond donors (Lipinski definition) is 1. The molecule has 6 heteroatoms. The van der Waals surface area contributed by atoms with Gasteiger partial charge in [-0.2, -0.15) is 0 Å². The maximum Gasteiger partial charge on any atom is 0.256 e. The first kappa shape index (κ1) is 17.2. The number of pyridine rings is 1. The quantitative estimate of drug-likeness (QED) is 0.836. The maximum absolute atomic E-state index is 12.5. The minimum Gasteiger partial charge on any atom is -0.497 e. The van der Waals surface area contributed by atoms with Gasteiger partial charge in [0.25, 0.3) is 5.91 Å². The topological polar surface area (TPSA) is 69.7 Å². The van der Waals surface area contributed by atoms with Crippen LogP contribution in [0.4, 0.5) is 0 Å². The van der Waals surface area contributed by atoms with E-state index in [0.29, 0.717) is 31.2 Å². The molecule has 6 nitrogen and oxygen atoms in total. The monoisotopic (exact) mass is 342 g/mol. The second-order valence-corrected chi connectivity index (χ2v) is 5.82. The van der Waals surface area contributed by atoms with Crippen LogP contribution in [0.25, 0.3) is 0 Å². The summed E-state index contributed by atoms with van der Waals surface area (Å²) in [5.41, 5.74) is 1.55. The molecule has 1 amide bonds. The second-order valence-electron chi connectivity index (χ2n) is 5.82. The number of carbonyl (C=O) groups excluding carboxylic acids is 1. The highest BCUT2D eigenvalue weighted by Crippen LogP contribution is 2.19. The van der Waals surface area contributed by atoms with E-state index in [1.807, 2.05) is 24.3 Å². The highest BCUT2D eigenvalue weighted by Gasteiger charge is 2.21. The van der Waals surface area contributed by atoms with Crippen LogP contribution >= 0.6 is 0 Å². The first-order valence-electron chi connectivity index (χ1n) is 8.37. The van der Waals surface area contributed by atoms with Crippen molar-refractivity contribution in [1.29, 1.82) is 0 Å². The van der Waals surface area contributed by atoms with Crippen molar-refractivity contribution < 1.29 is 19.0 Å². The van der Waals surface area contributed by atoms with Crippen LogP contribution in [-0.4, -0.2) is 43.9 Å². The van der Waals surface area contributed by atoms with Crippen molar-refractivity contribution >= 4 is 5.91 Å². The number of nitrogens with zero attached hydrogens (tertiary/aromatic N) is 1. The van der Waals surface area contributed by atoms with E-state index in [9.17, 15) is 4.79 Å². The number of aromatic nitrogens is 1. The summed E-state index contributed by atoms with van der Waals surface area (Å²) in [5.74, 6) is 0.979. The fourth-order valence-electron chi connectivity index (χ4n) is 2.66. The number of rotatable bonds is 7. The van der Waals surface area contributed by atoms with Crippen molar-refractivity contribution in [3.8, 4) is 11.6 Å². The van der Waals surface area contributed by atoms with E-state index in [1.54, 1.807) is 25.4 Å². The van der Waals surface area contributed by atoms with Gasteiger partial charge in [0, 0.05) is 19.2 Å². The van der Waals surface area contributed by atoms with Crippen LogP contribution in [0.1, 0.15) is 22.3 Å². The third kappa shape index (κ3) is 4.70. The fraction of sp³-hybridized carbons (Fsp3) is 0.368. The predicted molar refractivity (Wildman–Crippen MR) is 93.1 cm³/mol. The lowest BCUT2D eigenvalue weighted by atomic mass is 10.1. The van der Waals surface area contributed by atoms with E-state index in [0.717, 1.165) is 24.2 Å². The molecule has 1 aromatic heterocycles. The van der Waals surface area contributed by atoms with Gasteiger partial charge in [-0.05, 0) is 36.2 Å². The van der Waals surface area contributed by atoms with E-state index in [2.05, 4.69) is 10.3 Å². The molecule has 0 unspecified atom stereocenters. The number of nitrogens with one attached hydrogen (secondary N) is 1. The minimum atomic E-state index is -0.190. The summed E-state index contributed by atoms with van der Waals surface area (Å²) in [5, 5.41) is 2.92. The van der Waals surface area contributed by atoms with Crippen LogP contribution in [0, 0.1) is 0 Å². The van der Waals surface area contributed by atoms with Crippen molar-refractivity contribution in [1.82, 2.24) is 10.3 Å². The molecule has 3 rings (SSSR count). The summed E-state index contributed by atoms with van der Waals surface area (Å²) < 4.78 is 16.3. The lowest BCUT2D eigenvalue weighted by Gasteiger charge is -2.14. The lowest BCUT2D eigenvalue weighted by Crippen LogP contribution is -2.27.